The standard InChI is InChI=1S/ClH2NO4S2/c1-8(5,6)2-7(3)4/h7H,(H,2,3,4). The van der Waals surface area contributed by atoms with Crippen LogP contribution >= 0.6 is 10.7 Å². The van der Waals surface area contributed by atoms with E-state index in [1.807, 2.05) is 0 Å². The summed E-state index contributed by atoms with van der Waals surface area (Å²) in [6.07, 6.45) is 0. The molecule has 0 saturated heterocycles. The van der Waals surface area contributed by atoms with Crippen LogP contribution in [0.3, 0.4) is 0 Å². The normalized spacial score (nSPS) is 12.2. The molecule has 0 unspecified atom stereocenters. The van der Waals surface area contributed by atoms with Crippen LogP contribution in [-0.2, 0) is 20.1 Å². The summed E-state index contributed by atoms with van der Waals surface area (Å²) in [5.41, 5.74) is 0. The van der Waals surface area contributed by atoms with Crippen LogP contribution < -0.4 is 4.13 Å². The molecule has 0 aliphatic heterocycles. The second-order valence-corrected chi connectivity index (χ2v) is 4.13. The van der Waals surface area contributed by atoms with Gasteiger partial charge in [-0.05, 0) is 0 Å². The van der Waals surface area contributed by atoms with Gasteiger partial charge in [0.15, 0.2) is 0 Å². The average molecular weight is 180 g/mol. The van der Waals surface area contributed by atoms with Gasteiger partial charge in [0, 0.05) is 10.7 Å². The highest BCUT2D eigenvalue weighted by molar-refractivity contribution is 8.16. The zero-order chi connectivity index (χ0) is 6.78. The molecule has 0 atom stereocenters. The maximum absolute atomic E-state index is 9.71. The fraction of sp³-hybridized carbons (Fsp3) is 0. The van der Waals surface area contributed by atoms with Crippen molar-refractivity contribution in [2.45, 2.75) is 0 Å². The highest BCUT2D eigenvalue weighted by Crippen LogP contribution is 1.86. The molecule has 0 amide bonds. The number of hydrogen-bond acceptors (Lipinski definition) is 4. The summed E-state index contributed by atoms with van der Waals surface area (Å²) in [6, 6.07) is 0. The minimum Gasteiger partial charge on any atom is -0.215 e. The van der Waals surface area contributed by atoms with Crippen molar-refractivity contribution < 1.29 is 16.8 Å². The van der Waals surface area contributed by atoms with Crippen LogP contribution in [0.5, 0.6) is 0 Å². The van der Waals surface area contributed by atoms with Gasteiger partial charge < -0.3 is 0 Å². The predicted molar refractivity (Wildman–Crippen MR) is 28.2 cm³/mol. The lowest BCUT2D eigenvalue weighted by molar-refractivity contribution is 0.595. The minimum atomic E-state index is -4.10. The summed E-state index contributed by atoms with van der Waals surface area (Å²) in [4.78, 5) is 0. The molecule has 1 N–H and O–H groups in total. The van der Waals surface area contributed by atoms with E-state index >= 15 is 0 Å². The molecule has 0 aromatic heterocycles. The van der Waals surface area contributed by atoms with E-state index in [1.54, 1.807) is 0 Å². The molecule has 0 radical (unpaired) electrons. The van der Waals surface area contributed by atoms with Gasteiger partial charge in [0.05, 0.1) is 0 Å². The van der Waals surface area contributed by atoms with Crippen molar-refractivity contribution in [1.29, 1.82) is 0 Å². The first kappa shape index (κ1) is 8.15. The monoisotopic (exact) mass is 179 g/mol. The molecule has 0 aromatic carbocycles. The van der Waals surface area contributed by atoms with Crippen LogP contribution in [0, 0.1) is 0 Å². The molecule has 0 rings (SSSR count). The van der Waals surface area contributed by atoms with E-state index in [4.69, 9.17) is 0 Å². The molecule has 0 spiro atoms. The SMILES string of the molecule is O=[SH](=O)NS(=O)(=O)Cl. The highest BCUT2D eigenvalue weighted by Gasteiger charge is 2.01. The van der Waals surface area contributed by atoms with Crippen LogP contribution in [0.2, 0.25) is 0 Å². The number of hydrogen-bond donors (Lipinski definition) is 2. The second-order valence-electron chi connectivity index (χ2n) is 0.786. The van der Waals surface area contributed by atoms with Crippen LogP contribution in [0.1, 0.15) is 0 Å². The summed E-state index contributed by atoms with van der Waals surface area (Å²) in [7, 11) is -2.85. The van der Waals surface area contributed by atoms with Gasteiger partial charge in [-0.2, -0.15) is 8.42 Å². The van der Waals surface area contributed by atoms with E-state index in [1.165, 1.54) is 0 Å². The van der Waals surface area contributed by atoms with Crippen molar-refractivity contribution in [2.24, 2.45) is 0 Å². The summed E-state index contributed by atoms with van der Waals surface area (Å²) in [5, 5.41) is 0. The maximum atomic E-state index is 9.71. The molecular weight excluding hydrogens is 178 g/mol. The first-order valence-corrected chi connectivity index (χ1v) is 4.77. The van der Waals surface area contributed by atoms with E-state index < -0.39 is 20.1 Å². The van der Waals surface area contributed by atoms with Crippen molar-refractivity contribution in [1.82, 2.24) is 4.13 Å². The average Bonchev–Trinajstić information content (AvgIpc) is 1.21. The Morgan fingerprint density at radius 1 is 1.38 bits per heavy atom. The van der Waals surface area contributed by atoms with Crippen molar-refractivity contribution in [3.05, 3.63) is 0 Å². The number of nitrogens with one attached hydrogen (secondary N) is 1. The zero-order valence-electron chi connectivity index (χ0n) is 3.37. The second kappa shape index (κ2) is 2.62. The first-order chi connectivity index (χ1) is 3.42. The maximum Gasteiger partial charge on any atom is 0.310 e. The minimum absolute atomic E-state index is 1.07. The van der Waals surface area contributed by atoms with Crippen molar-refractivity contribution in [3.8, 4) is 0 Å². The Morgan fingerprint density at radius 2 is 1.75 bits per heavy atom. The molecule has 0 bridgehead atoms. The Balaban J connectivity index is 4.16. The molecule has 5 nitrogen and oxygen atoms in total. The third-order valence-electron chi connectivity index (χ3n) is 0.184. The molecular formula is H2ClNO4S2. The van der Waals surface area contributed by atoms with Crippen molar-refractivity contribution in [2.75, 3.05) is 0 Å². The van der Waals surface area contributed by atoms with Crippen LogP contribution in [0.4, 0.5) is 0 Å². The van der Waals surface area contributed by atoms with E-state index in [0.29, 0.717) is 0 Å². The molecule has 50 valence electrons. The third kappa shape index (κ3) is 6.15. The molecule has 0 aliphatic rings. The molecule has 8 heavy (non-hydrogen) atoms. The van der Waals surface area contributed by atoms with Crippen molar-refractivity contribution in [3.63, 3.8) is 0 Å². The van der Waals surface area contributed by atoms with Gasteiger partial charge in [-0.1, -0.05) is 4.13 Å². The molecule has 0 aliphatic carbocycles. The van der Waals surface area contributed by atoms with Gasteiger partial charge in [-0.25, -0.2) is 8.42 Å². The Labute approximate surface area is 52.3 Å². The first-order valence-electron chi connectivity index (χ1n) is 1.28. The lowest BCUT2D eigenvalue weighted by atomic mass is 13.9. The topological polar surface area (TPSA) is 80.3 Å². The fourth-order valence-electron chi connectivity index (χ4n) is 0.0890. The summed E-state index contributed by atoms with van der Waals surface area (Å²) >= 11 is 0. The van der Waals surface area contributed by atoms with Crippen LogP contribution in [0.25, 0.3) is 0 Å². The number of rotatable bonds is 2. The van der Waals surface area contributed by atoms with Gasteiger partial charge >= 0.3 is 9.24 Å². The fourth-order valence-corrected chi connectivity index (χ4v) is 1.31. The zero-order valence-corrected chi connectivity index (χ0v) is 5.83. The van der Waals surface area contributed by atoms with E-state index in [2.05, 4.69) is 10.7 Å². The summed E-state index contributed by atoms with van der Waals surface area (Å²) in [5.74, 6) is 0. The van der Waals surface area contributed by atoms with Gasteiger partial charge in [0.25, 0.3) is 0 Å². The summed E-state index contributed by atoms with van der Waals surface area (Å²) < 4.78 is 39.5. The molecule has 0 heterocycles. The van der Waals surface area contributed by atoms with E-state index in [9.17, 15) is 16.8 Å². The molecule has 0 fully saturated rings. The van der Waals surface area contributed by atoms with Gasteiger partial charge in [0.1, 0.15) is 0 Å². The van der Waals surface area contributed by atoms with Crippen molar-refractivity contribution >= 4 is 30.8 Å². The van der Waals surface area contributed by atoms with Gasteiger partial charge in [-0.15, -0.1) is 0 Å². The lowest BCUT2D eigenvalue weighted by Crippen LogP contribution is -2.14. The van der Waals surface area contributed by atoms with Gasteiger partial charge in [0.2, 0.25) is 10.9 Å². The predicted octanol–water partition coefficient (Wildman–Crippen LogP) is -1.41. The number of thiol groups is 1. The van der Waals surface area contributed by atoms with Crippen LogP contribution in [-0.4, -0.2) is 16.8 Å². The lowest BCUT2D eigenvalue weighted by Gasteiger charge is -1.82. The highest BCUT2D eigenvalue weighted by atomic mass is 35.7. The molecule has 8 heteroatoms. The van der Waals surface area contributed by atoms with Gasteiger partial charge in [-0.3, -0.25) is 0 Å². The van der Waals surface area contributed by atoms with Crippen LogP contribution in [0.15, 0.2) is 0 Å². The Morgan fingerprint density at radius 3 is 1.75 bits per heavy atom. The van der Waals surface area contributed by atoms with E-state index in [-0.39, 0.29) is 0 Å². The third-order valence-corrected chi connectivity index (χ3v) is 2.27. The summed E-state index contributed by atoms with van der Waals surface area (Å²) in [6.45, 7) is 0. The quantitative estimate of drug-likeness (QED) is 0.403. The molecule has 0 aromatic rings. The molecule has 0 saturated carbocycles. The number of halogens is 1. The van der Waals surface area contributed by atoms with E-state index in [0.717, 1.165) is 4.13 Å². The largest absolute Gasteiger partial charge is 0.310 e. The Kier molecular flexibility index (Phi) is 2.67. The Hall–Kier alpha value is 0.150. The Bertz CT molecular complexity index is 214. The smallest absolute Gasteiger partial charge is 0.215 e.